The van der Waals surface area contributed by atoms with Gasteiger partial charge in [0.15, 0.2) is 11.0 Å². The Morgan fingerprint density at radius 1 is 1.19 bits per heavy atom. The standard InChI is InChI=1S/C20H19FN6O4S/c1-2-26-17(11-22-19(29)13-6-5-7-14(10-13)27(30)31)24-25-20(26)32-12-18(28)23-16-9-4-3-8-15(16)21/h3-10H,2,11-12H2,1H3,(H,22,29)(H,23,28). The van der Waals surface area contributed by atoms with Crippen LogP contribution in [-0.2, 0) is 17.9 Å². The first kappa shape index (κ1) is 22.9. The Labute approximate surface area is 186 Å². The number of thioether (sulfide) groups is 1. The molecule has 0 spiro atoms. The third-order valence-electron chi connectivity index (χ3n) is 4.32. The first-order valence-electron chi connectivity index (χ1n) is 9.51. The molecule has 3 aromatic rings. The number of benzene rings is 2. The molecule has 0 aliphatic rings. The van der Waals surface area contributed by atoms with Crippen LogP contribution in [0.5, 0.6) is 0 Å². The molecule has 0 atom stereocenters. The largest absolute Gasteiger partial charge is 0.345 e. The molecule has 1 aromatic heterocycles. The van der Waals surface area contributed by atoms with Crippen molar-refractivity contribution in [3.05, 3.63) is 75.9 Å². The number of nitrogens with zero attached hydrogens (tertiary/aromatic N) is 4. The fourth-order valence-electron chi connectivity index (χ4n) is 2.78. The van der Waals surface area contributed by atoms with Gasteiger partial charge in [0.2, 0.25) is 5.91 Å². The van der Waals surface area contributed by atoms with Gasteiger partial charge in [-0.05, 0) is 25.1 Å². The van der Waals surface area contributed by atoms with Gasteiger partial charge in [0.05, 0.1) is 22.9 Å². The second-order valence-corrected chi connectivity index (χ2v) is 7.39. The van der Waals surface area contributed by atoms with Crippen LogP contribution in [0.3, 0.4) is 0 Å². The summed E-state index contributed by atoms with van der Waals surface area (Å²) in [5.74, 6) is -0.955. The van der Waals surface area contributed by atoms with Gasteiger partial charge in [0, 0.05) is 24.2 Å². The highest BCUT2D eigenvalue weighted by molar-refractivity contribution is 7.99. The third-order valence-corrected chi connectivity index (χ3v) is 5.28. The molecule has 0 fully saturated rings. The molecule has 0 unspecified atom stereocenters. The van der Waals surface area contributed by atoms with Crippen LogP contribution < -0.4 is 10.6 Å². The minimum atomic E-state index is -0.573. The lowest BCUT2D eigenvalue weighted by Gasteiger charge is -2.09. The van der Waals surface area contributed by atoms with Crippen molar-refractivity contribution >= 4 is 35.0 Å². The molecule has 0 saturated heterocycles. The molecule has 32 heavy (non-hydrogen) atoms. The number of carbonyl (C=O) groups excluding carboxylic acids is 2. The van der Waals surface area contributed by atoms with E-state index in [1.165, 1.54) is 42.5 Å². The molecular formula is C20H19FN6O4S. The predicted octanol–water partition coefficient (Wildman–Crippen LogP) is 3.01. The summed E-state index contributed by atoms with van der Waals surface area (Å²) in [7, 11) is 0. The number of aromatic nitrogens is 3. The Kier molecular flexibility index (Phi) is 7.49. The average molecular weight is 458 g/mol. The smallest absolute Gasteiger partial charge is 0.270 e. The van der Waals surface area contributed by atoms with Crippen molar-refractivity contribution in [1.82, 2.24) is 20.1 Å². The molecule has 2 N–H and O–H groups in total. The number of para-hydroxylation sites is 1. The molecule has 12 heteroatoms. The lowest BCUT2D eigenvalue weighted by atomic mass is 10.2. The molecular weight excluding hydrogens is 439 g/mol. The lowest BCUT2D eigenvalue weighted by Crippen LogP contribution is -2.25. The molecule has 0 bridgehead atoms. The van der Waals surface area contributed by atoms with Gasteiger partial charge in [-0.15, -0.1) is 10.2 Å². The molecule has 2 amide bonds. The van der Waals surface area contributed by atoms with Gasteiger partial charge in [0.25, 0.3) is 11.6 Å². The third kappa shape index (κ3) is 5.66. The number of carbonyl (C=O) groups is 2. The van der Waals surface area contributed by atoms with E-state index >= 15 is 0 Å². The summed E-state index contributed by atoms with van der Waals surface area (Å²) in [6.07, 6.45) is 0. The number of nitro groups is 1. The van der Waals surface area contributed by atoms with Crippen LogP contribution in [0.25, 0.3) is 0 Å². The molecule has 1 heterocycles. The van der Waals surface area contributed by atoms with Crippen molar-refractivity contribution in [1.29, 1.82) is 0 Å². The van der Waals surface area contributed by atoms with Crippen LogP contribution in [-0.4, -0.2) is 37.3 Å². The second kappa shape index (κ2) is 10.5. The molecule has 0 aliphatic heterocycles. The van der Waals surface area contributed by atoms with Crippen LogP contribution in [0.15, 0.2) is 53.7 Å². The summed E-state index contributed by atoms with van der Waals surface area (Å²) in [4.78, 5) is 34.8. The minimum absolute atomic E-state index is 0.00743. The summed E-state index contributed by atoms with van der Waals surface area (Å²) < 4.78 is 15.4. The summed E-state index contributed by atoms with van der Waals surface area (Å²) in [5, 5.41) is 24.6. The van der Waals surface area contributed by atoms with E-state index < -0.39 is 22.6 Å². The highest BCUT2D eigenvalue weighted by Gasteiger charge is 2.16. The summed E-state index contributed by atoms with van der Waals surface area (Å²) >= 11 is 1.13. The Hall–Kier alpha value is -3.80. The zero-order chi connectivity index (χ0) is 23.1. The number of nitro benzene ring substituents is 1. The number of rotatable bonds is 9. The predicted molar refractivity (Wildman–Crippen MR) is 116 cm³/mol. The van der Waals surface area contributed by atoms with E-state index in [1.54, 1.807) is 10.6 Å². The number of amides is 2. The number of anilines is 1. The van der Waals surface area contributed by atoms with E-state index in [0.717, 1.165) is 11.8 Å². The summed E-state index contributed by atoms with van der Waals surface area (Å²) in [5.41, 5.74) is 0.0718. The van der Waals surface area contributed by atoms with Gasteiger partial charge in [-0.25, -0.2) is 4.39 Å². The molecule has 166 valence electrons. The maximum absolute atomic E-state index is 13.7. The first-order chi connectivity index (χ1) is 15.4. The highest BCUT2D eigenvalue weighted by atomic mass is 32.2. The first-order valence-corrected chi connectivity index (χ1v) is 10.5. The lowest BCUT2D eigenvalue weighted by molar-refractivity contribution is -0.384. The quantitative estimate of drug-likeness (QED) is 0.286. The van der Waals surface area contributed by atoms with Gasteiger partial charge in [0.1, 0.15) is 5.82 Å². The van der Waals surface area contributed by atoms with Gasteiger partial charge in [-0.3, -0.25) is 19.7 Å². The number of non-ortho nitro benzene ring substituents is 1. The normalized spacial score (nSPS) is 10.6. The van der Waals surface area contributed by atoms with Crippen LogP contribution in [0.4, 0.5) is 15.8 Å². The van der Waals surface area contributed by atoms with E-state index in [4.69, 9.17) is 0 Å². The van der Waals surface area contributed by atoms with Crippen molar-refractivity contribution in [3.8, 4) is 0 Å². The van der Waals surface area contributed by atoms with E-state index in [0.29, 0.717) is 17.5 Å². The van der Waals surface area contributed by atoms with Gasteiger partial charge in [-0.1, -0.05) is 30.0 Å². The number of hydrogen-bond donors (Lipinski definition) is 2. The molecule has 0 radical (unpaired) electrons. The second-order valence-electron chi connectivity index (χ2n) is 6.45. The van der Waals surface area contributed by atoms with Crippen molar-refractivity contribution in [2.75, 3.05) is 11.1 Å². The molecule has 3 rings (SSSR count). The minimum Gasteiger partial charge on any atom is -0.345 e. The van der Waals surface area contributed by atoms with Crippen molar-refractivity contribution < 1.29 is 18.9 Å². The monoisotopic (exact) mass is 458 g/mol. The van der Waals surface area contributed by atoms with E-state index in [2.05, 4.69) is 20.8 Å². The maximum Gasteiger partial charge on any atom is 0.270 e. The number of halogens is 1. The van der Waals surface area contributed by atoms with Crippen LogP contribution >= 0.6 is 11.8 Å². The van der Waals surface area contributed by atoms with Crippen LogP contribution in [0.1, 0.15) is 23.1 Å². The fraction of sp³-hybridized carbons (Fsp3) is 0.200. The average Bonchev–Trinajstić information content (AvgIpc) is 3.19. The van der Waals surface area contributed by atoms with Crippen molar-refractivity contribution in [2.45, 2.75) is 25.2 Å². The fourth-order valence-corrected chi connectivity index (χ4v) is 3.60. The highest BCUT2D eigenvalue weighted by Crippen LogP contribution is 2.19. The van der Waals surface area contributed by atoms with Gasteiger partial charge in [-0.2, -0.15) is 0 Å². The summed E-state index contributed by atoms with van der Waals surface area (Å²) in [6.45, 7) is 2.40. The molecule has 2 aromatic carbocycles. The van der Waals surface area contributed by atoms with E-state index in [9.17, 15) is 24.1 Å². The van der Waals surface area contributed by atoms with Gasteiger partial charge < -0.3 is 15.2 Å². The SMILES string of the molecule is CCn1c(CNC(=O)c2cccc([N+](=O)[O-])c2)nnc1SCC(=O)Nc1ccccc1F. The van der Waals surface area contributed by atoms with Crippen molar-refractivity contribution in [2.24, 2.45) is 0 Å². The summed E-state index contributed by atoms with van der Waals surface area (Å²) in [6, 6.07) is 11.3. The van der Waals surface area contributed by atoms with Crippen LogP contribution in [0, 0.1) is 15.9 Å². The number of nitrogens with one attached hydrogen (secondary N) is 2. The zero-order valence-corrected chi connectivity index (χ0v) is 17.8. The Morgan fingerprint density at radius 2 is 1.97 bits per heavy atom. The van der Waals surface area contributed by atoms with Gasteiger partial charge >= 0.3 is 0 Å². The van der Waals surface area contributed by atoms with E-state index in [-0.39, 0.29) is 29.2 Å². The Bertz CT molecular complexity index is 1150. The molecule has 0 aliphatic carbocycles. The zero-order valence-electron chi connectivity index (χ0n) is 16.9. The maximum atomic E-state index is 13.7. The Morgan fingerprint density at radius 3 is 2.69 bits per heavy atom. The molecule has 10 nitrogen and oxygen atoms in total. The topological polar surface area (TPSA) is 132 Å². The Balaban J connectivity index is 1.59. The van der Waals surface area contributed by atoms with E-state index in [1.807, 2.05) is 6.92 Å². The molecule has 0 saturated carbocycles. The number of hydrogen-bond acceptors (Lipinski definition) is 7. The van der Waals surface area contributed by atoms with Crippen molar-refractivity contribution in [3.63, 3.8) is 0 Å². The van der Waals surface area contributed by atoms with Crippen LogP contribution in [0.2, 0.25) is 0 Å².